The predicted octanol–water partition coefficient (Wildman–Crippen LogP) is 3.31. The molecule has 0 bridgehead atoms. The molecule has 2 rings (SSSR count). The van der Waals surface area contributed by atoms with E-state index in [0.29, 0.717) is 27.8 Å². The summed E-state index contributed by atoms with van der Waals surface area (Å²) in [4.78, 5) is 15.3. The van der Waals surface area contributed by atoms with E-state index in [4.69, 9.17) is 22.1 Å². The Labute approximate surface area is 109 Å². The van der Waals surface area contributed by atoms with Crippen molar-refractivity contribution in [1.29, 1.82) is 0 Å². The molecule has 0 saturated carbocycles. The van der Waals surface area contributed by atoms with Crippen molar-refractivity contribution < 1.29 is 9.53 Å². The maximum Gasteiger partial charge on any atom is 0.162 e. The molecule has 0 aliphatic rings. The van der Waals surface area contributed by atoms with E-state index in [-0.39, 0.29) is 5.78 Å². The summed E-state index contributed by atoms with van der Waals surface area (Å²) in [7, 11) is 0. The Kier molecular flexibility index (Phi) is 3.48. The average molecular weight is 263 g/mol. The lowest BCUT2D eigenvalue weighted by Gasteiger charge is -2.08. The van der Waals surface area contributed by atoms with E-state index in [9.17, 15) is 4.79 Å². The molecule has 5 heteroatoms. The van der Waals surface area contributed by atoms with Crippen LogP contribution >= 0.6 is 11.6 Å². The zero-order chi connectivity index (χ0) is 13.1. The minimum absolute atomic E-state index is 0.109. The third kappa shape index (κ3) is 2.78. The summed E-state index contributed by atoms with van der Waals surface area (Å²) < 4.78 is 5.55. The lowest BCUT2D eigenvalue weighted by Crippen LogP contribution is -1.99. The standard InChI is InChI=1S/C13H11ClN2O2/c1-8(17)12-5-10(2-3-13(12)15)18-11-4-9(14)6-16-7-11/h2-7H,15H2,1H3. The molecule has 1 aromatic heterocycles. The normalized spacial score (nSPS) is 10.1. The Morgan fingerprint density at radius 2 is 2.06 bits per heavy atom. The van der Waals surface area contributed by atoms with E-state index in [0.717, 1.165) is 0 Å². The van der Waals surface area contributed by atoms with E-state index in [1.807, 2.05) is 0 Å². The second-order valence-electron chi connectivity index (χ2n) is 3.75. The molecule has 0 atom stereocenters. The van der Waals surface area contributed by atoms with E-state index in [2.05, 4.69) is 4.98 Å². The van der Waals surface area contributed by atoms with Gasteiger partial charge in [-0.25, -0.2) is 0 Å². The van der Waals surface area contributed by atoms with Gasteiger partial charge in [0.2, 0.25) is 0 Å². The van der Waals surface area contributed by atoms with E-state index >= 15 is 0 Å². The van der Waals surface area contributed by atoms with Crippen molar-refractivity contribution in [3.8, 4) is 11.5 Å². The van der Waals surface area contributed by atoms with Gasteiger partial charge >= 0.3 is 0 Å². The van der Waals surface area contributed by atoms with Crippen molar-refractivity contribution in [3.63, 3.8) is 0 Å². The first kappa shape index (κ1) is 12.4. The predicted molar refractivity (Wildman–Crippen MR) is 70.2 cm³/mol. The van der Waals surface area contributed by atoms with Crippen molar-refractivity contribution >= 4 is 23.1 Å². The van der Waals surface area contributed by atoms with Crippen molar-refractivity contribution in [3.05, 3.63) is 47.2 Å². The molecule has 92 valence electrons. The molecule has 0 radical (unpaired) electrons. The lowest BCUT2D eigenvalue weighted by atomic mass is 10.1. The molecular weight excluding hydrogens is 252 g/mol. The van der Waals surface area contributed by atoms with E-state index in [1.165, 1.54) is 19.3 Å². The number of nitrogens with two attached hydrogens (primary N) is 1. The van der Waals surface area contributed by atoms with Gasteiger partial charge in [0.1, 0.15) is 11.5 Å². The van der Waals surface area contributed by atoms with Crippen LogP contribution in [0.4, 0.5) is 5.69 Å². The maximum atomic E-state index is 11.4. The lowest BCUT2D eigenvalue weighted by molar-refractivity contribution is 0.101. The highest BCUT2D eigenvalue weighted by Gasteiger charge is 2.07. The van der Waals surface area contributed by atoms with Gasteiger partial charge in [-0.3, -0.25) is 9.78 Å². The molecule has 0 unspecified atom stereocenters. The smallest absolute Gasteiger partial charge is 0.162 e. The van der Waals surface area contributed by atoms with Crippen LogP contribution in [0.5, 0.6) is 11.5 Å². The van der Waals surface area contributed by atoms with Crippen LogP contribution in [0.3, 0.4) is 0 Å². The number of anilines is 1. The molecule has 1 aromatic carbocycles. The summed E-state index contributed by atoms with van der Waals surface area (Å²) in [5.41, 5.74) is 6.56. The Morgan fingerprint density at radius 3 is 2.72 bits per heavy atom. The highest BCUT2D eigenvalue weighted by atomic mass is 35.5. The molecule has 0 aliphatic carbocycles. The minimum Gasteiger partial charge on any atom is -0.456 e. The monoisotopic (exact) mass is 262 g/mol. The topological polar surface area (TPSA) is 65.2 Å². The highest BCUT2D eigenvalue weighted by Crippen LogP contribution is 2.26. The second kappa shape index (κ2) is 5.06. The molecule has 1 heterocycles. The Bertz CT molecular complexity index is 599. The molecule has 0 saturated heterocycles. The number of rotatable bonds is 3. The third-order valence-electron chi connectivity index (χ3n) is 2.32. The van der Waals surface area contributed by atoms with Gasteiger partial charge in [0.15, 0.2) is 5.78 Å². The average Bonchev–Trinajstić information content (AvgIpc) is 2.31. The molecule has 4 nitrogen and oxygen atoms in total. The quantitative estimate of drug-likeness (QED) is 0.681. The molecule has 0 amide bonds. The summed E-state index contributed by atoms with van der Waals surface area (Å²) in [5.74, 6) is 0.905. The Balaban J connectivity index is 2.30. The van der Waals surface area contributed by atoms with Gasteiger partial charge in [-0.05, 0) is 25.1 Å². The first-order valence-corrected chi connectivity index (χ1v) is 5.63. The van der Waals surface area contributed by atoms with Crippen LogP contribution in [0.2, 0.25) is 5.02 Å². The number of pyridine rings is 1. The summed E-state index contributed by atoms with van der Waals surface area (Å²) >= 11 is 5.80. The molecule has 2 aromatic rings. The van der Waals surface area contributed by atoms with Gasteiger partial charge in [-0.1, -0.05) is 11.6 Å². The molecule has 0 fully saturated rings. The fourth-order valence-corrected chi connectivity index (χ4v) is 1.65. The summed E-state index contributed by atoms with van der Waals surface area (Å²) in [6.07, 6.45) is 3.05. The minimum atomic E-state index is -0.109. The zero-order valence-corrected chi connectivity index (χ0v) is 10.4. The first-order chi connectivity index (χ1) is 8.56. The zero-order valence-electron chi connectivity index (χ0n) is 9.68. The fourth-order valence-electron chi connectivity index (χ4n) is 1.49. The number of nitrogens with zero attached hydrogens (tertiary/aromatic N) is 1. The Hall–Kier alpha value is -2.07. The van der Waals surface area contributed by atoms with Gasteiger partial charge in [0.25, 0.3) is 0 Å². The number of halogens is 1. The number of Topliss-reactive ketones (excluding diaryl/α,β-unsaturated/α-hetero) is 1. The van der Waals surface area contributed by atoms with Crippen molar-refractivity contribution in [2.45, 2.75) is 6.92 Å². The summed E-state index contributed by atoms with van der Waals surface area (Å²) in [6, 6.07) is 6.55. The number of hydrogen-bond donors (Lipinski definition) is 1. The van der Waals surface area contributed by atoms with Crippen LogP contribution in [0, 0.1) is 0 Å². The third-order valence-corrected chi connectivity index (χ3v) is 2.53. The number of hydrogen-bond acceptors (Lipinski definition) is 4. The highest BCUT2D eigenvalue weighted by molar-refractivity contribution is 6.30. The maximum absolute atomic E-state index is 11.4. The molecule has 2 N–H and O–H groups in total. The van der Waals surface area contributed by atoms with Gasteiger partial charge in [0.05, 0.1) is 11.2 Å². The van der Waals surface area contributed by atoms with E-state index < -0.39 is 0 Å². The fraction of sp³-hybridized carbons (Fsp3) is 0.0769. The number of nitrogen functional groups attached to an aromatic ring is 1. The number of carbonyl (C=O) groups is 1. The largest absolute Gasteiger partial charge is 0.456 e. The van der Waals surface area contributed by atoms with Crippen LogP contribution in [-0.4, -0.2) is 10.8 Å². The van der Waals surface area contributed by atoms with Crippen molar-refractivity contribution in [1.82, 2.24) is 4.98 Å². The molecule has 0 aliphatic heterocycles. The number of benzene rings is 1. The van der Waals surface area contributed by atoms with Crippen LogP contribution in [-0.2, 0) is 0 Å². The van der Waals surface area contributed by atoms with Gasteiger partial charge in [-0.2, -0.15) is 0 Å². The van der Waals surface area contributed by atoms with E-state index in [1.54, 1.807) is 24.3 Å². The van der Waals surface area contributed by atoms with Gasteiger partial charge < -0.3 is 10.5 Å². The molecular formula is C13H11ClN2O2. The van der Waals surface area contributed by atoms with Crippen LogP contribution in [0.1, 0.15) is 17.3 Å². The first-order valence-electron chi connectivity index (χ1n) is 5.25. The van der Waals surface area contributed by atoms with Crippen molar-refractivity contribution in [2.75, 3.05) is 5.73 Å². The summed E-state index contributed by atoms with van der Waals surface area (Å²) in [6.45, 7) is 1.45. The van der Waals surface area contributed by atoms with Crippen molar-refractivity contribution in [2.24, 2.45) is 0 Å². The number of carbonyl (C=O) groups excluding carboxylic acids is 1. The number of aromatic nitrogens is 1. The molecule has 18 heavy (non-hydrogen) atoms. The summed E-state index contributed by atoms with van der Waals surface area (Å²) in [5, 5.41) is 0.481. The number of ketones is 1. The van der Waals surface area contributed by atoms with Gasteiger partial charge in [-0.15, -0.1) is 0 Å². The van der Waals surface area contributed by atoms with Crippen LogP contribution < -0.4 is 10.5 Å². The number of ether oxygens (including phenoxy) is 1. The van der Waals surface area contributed by atoms with Crippen LogP contribution in [0.25, 0.3) is 0 Å². The van der Waals surface area contributed by atoms with Gasteiger partial charge in [0, 0.05) is 23.5 Å². The Morgan fingerprint density at radius 1 is 1.28 bits per heavy atom. The second-order valence-corrected chi connectivity index (χ2v) is 4.18. The van der Waals surface area contributed by atoms with Crippen LogP contribution in [0.15, 0.2) is 36.7 Å². The molecule has 0 spiro atoms. The SMILES string of the molecule is CC(=O)c1cc(Oc2cncc(Cl)c2)ccc1N.